The van der Waals surface area contributed by atoms with Crippen LogP contribution in [0.2, 0.25) is 0 Å². The summed E-state index contributed by atoms with van der Waals surface area (Å²) in [6.07, 6.45) is -0.129. The van der Waals surface area contributed by atoms with E-state index in [2.05, 4.69) is 37.9 Å². The maximum absolute atomic E-state index is 11.3. The number of benzene rings is 1. The van der Waals surface area contributed by atoms with Crippen LogP contribution in [0.5, 0.6) is 11.8 Å². The van der Waals surface area contributed by atoms with Crippen LogP contribution in [-0.2, 0) is 12.0 Å². The van der Waals surface area contributed by atoms with Gasteiger partial charge in [0.05, 0.1) is 12.2 Å². The number of amides is 1. The molecule has 0 fully saturated rings. The van der Waals surface area contributed by atoms with Crippen molar-refractivity contribution in [1.29, 1.82) is 0 Å². The van der Waals surface area contributed by atoms with Gasteiger partial charge in [-0.25, -0.2) is 0 Å². The molecule has 1 aromatic heterocycles. The highest BCUT2D eigenvalue weighted by Crippen LogP contribution is 2.27. The molecule has 0 saturated carbocycles. The molecule has 2 aromatic rings. The minimum Gasteiger partial charge on any atom is -0.490 e. The molecule has 24 heavy (non-hydrogen) atoms. The predicted octanol–water partition coefficient (Wildman–Crippen LogP) is 2.43. The number of hydrogen-bond donors (Lipinski definition) is 1. The molecule has 0 bridgehead atoms. The number of hydrogen-bond acceptors (Lipinski definition) is 4. The Morgan fingerprint density at radius 2 is 2.04 bits per heavy atom. The van der Waals surface area contributed by atoms with Gasteiger partial charge in [-0.3, -0.25) is 9.36 Å². The molecule has 0 aliphatic carbocycles. The number of nitrogens with two attached hydrogens (primary N) is 1. The number of ether oxygens (including phenoxy) is 2. The second-order valence-electron chi connectivity index (χ2n) is 7.13. The van der Waals surface area contributed by atoms with Gasteiger partial charge in [-0.2, -0.15) is 4.98 Å². The second kappa shape index (κ2) is 5.85. The Kier molecular flexibility index (Phi) is 3.99. The van der Waals surface area contributed by atoms with E-state index in [0.717, 1.165) is 11.4 Å². The lowest BCUT2D eigenvalue weighted by Gasteiger charge is -2.19. The highest BCUT2D eigenvalue weighted by molar-refractivity contribution is 5.92. The molecule has 128 valence electrons. The quantitative estimate of drug-likeness (QED) is 0.934. The average Bonchev–Trinajstić information content (AvgIpc) is 3.04. The van der Waals surface area contributed by atoms with Gasteiger partial charge in [0.2, 0.25) is 0 Å². The molecule has 0 saturated heterocycles. The molecule has 1 aromatic carbocycles. The smallest absolute Gasteiger partial charge is 0.297 e. The van der Waals surface area contributed by atoms with Crippen LogP contribution in [0.3, 0.4) is 0 Å². The lowest BCUT2D eigenvalue weighted by Crippen LogP contribution is -2.24. The van der Waals surface area contributed by atoms with Gasteiger partial charge in [-0.15, -0.1) is 0 Å². The number of aromatic nitrogens is 2. The molecule has 2 N–H and O–H groups in total. The number of carbonyl (C=O) groups is 1. The van der Waals surface area contributed by atoms with Crippen LogP contribution in [0, 0.1) is 6.92 Å². The number of primary amides is 1. The maximum Gasteiger partial charge on any atom is 0.297 e. The first-order valence-corrected chi connectivity index (χ1v) is 8.02. The second-order valence-corrected chi connectivity index (χ2v) is 7.13. The molecule has 1 amide bonds. The summed E-state index contributed by atoms with van der Waals surface area (Å²) in [5.41, 5.74) is 7.68. The SMILES string of the molecule is Cc1c(C(N)=O)nc2n1C[C@@H](COc1ccc(C(C)(C)C)cc1)O2. The van der Waals surface area contributed by atoms with E-state index < -0.39 is 5.91 Å². The summed E-state index contributed by atoms with van der Waals surface area (Å²) in [4.78, 5) is 15.4. The topological polar surface area (TPSA) is 79.4 Å². The summed E-state index contributed by atoms with van der Waals surface area (Å²) in [7, 11) is 0. The van der Waals surface area contributed by atoms with E-state index in [9.17, 15) is 4.79 Å². The highest BCUT2D eigenvalue weighted by Gasteiger charge is 2.29. The lowest BCUT2D eigenvalue weighted by atomic mass is 9.87. The van der Waals surface area contributed by atoms with Gasteiger partial charge in [0.1, 0.15) is 12.4 Å². The molecule has 0 unspecified atom stereocenters. The third-order valence-corrected chi connectivity index (χ3v) is 4.23. The van der Waals surface area contributed by atoms with Gasteiger partial charge in [0.15, 0.2) is 11.8 Å². The molecule has 1 aliphatic rings. The predicted molar refractivity (Wildman–Crippen MR) is 90.5 cm³/mol. The van der Waals surface area contributed by atoms with Crippen LogP contribution >= 0.6 is 0 Å². The van der Waals surface area contributed by atoms with Crippen molar-refractivity contribution in [2.24, 2.45) is 5.73 Å². The largest absolute Gasteiger partial charge is 0.490 e. The average molecular weight is 329 g/mol. The minimum atomic E-state index is -0.537. The van der Waals surface area contributed by atoms with Crippen LogP contribution < -0.4 is 15.2 Å². The van der Waals surface area contributed by atoms with Crippen molar-refractivity contribution in [3.63, 3.8) is 0 Å². The molecule has 6 nitrogen and oxygen atoms in total. The van der Waals surface area contributed by atoms with Crippen LogP contribution in [0.4, 0.5) is 0 Å². The van der Waals surface area contributed by atoms with Crippen LogP contribution in [0.1, 0.15) is 42.5 Å². The Labute approximate surface area is 141 Å². The molecular formula is C18H23N3O3. The summed E-state index contributed by atoms with van der Waals surface area (Å²) in [5.74, 6) is 0.274. The Hall–Kier alpha value is -2.50. The minimum absolute atomic E-state index is 0.123. The maximum atomic E-state index is 11.3. The summed E-state index contributed by atoms with van der Waals surface area (Å²) < 4.78 is 13.4. The number of fused-ring (bicyclic) bond motifs is 1. The summed E-state index contributed by atoms with van der Waals surface area (Å²) in [6.45, 7) is 9.37. The molecule has 0 radical (unpaired) electrons. The fourth-order valence-corrected chi connectivity index (χ4v) is 2.76. The van der Waals surface area contributed by atoms with Gasteiger partial charge in [0, 0.05) is 0 Å². The molecule has 0 spiro atoms. The van der Waals surface area contributed by atoms with Crippen LogP contribution in [-0.4, -0.2) is 28.2 Å². The van der Waals surface area contributed by atoms with Gasteiger partial charge in [0.25, 0.3) is 11.9 Å². The highest BCUT2D eigenvalue weighted by atomic mass is 16.6. The molecule has 1 aliphatic heterocycles. The lowest BCUT2D eigenvalue weighted by molar-refractivity contribution is 0.0992. The zero-order chi connectivity index (χ0) is 17.5. The number of nitrogens with zero attached hydrogens (tertiary/aromatic N) is 2. The summed E-state index contributed by atoms with van der Waals surface area (Å²) >= 11 is 0. The zero-order valence-corrected chi connectivity index (χ0v) is 14.5. The van der Waals surface area contributed by atoms with Crippen molar-refractivity contribution in [2.75, 3.05) is 6.61 Å². The van der Waals surface area contributed by atoms with Crippen molar-refractivity contribution >= 4 is 5.91 Å². The molecular weight excluding hydrogens is 306 g/mol. The monoisotopic (exact) mass is 329 g/mol. The van der Waals surface area contributed by atoms with Crippen LogP contribution in [0.25, 0.3) is 0 Å². The van der Waals surface area contributed by atoms with Gasteiger partial charge < -0.3 is 15.2 Å². The molecule has 2 heterocycles. The fourth-order valence-electron chi connectivity index (χ4n) is 2.76. The van der Waals surface area contributed by atoms with Crippen molar-refractivity contribution < 1.29 is 14.3 Å². The Morgan fingerprint density at radius 3 is 2.58 bits per heavy atom. The van der Waals surface area contributed by atoms with E-state index in [1.807, 2.05) is 23.6 Å². The van der Waals surface area contributed by atoms with Gasteiger partial charge in [-0.1, -0.05) is 32.9 Å². The zero-order valence-electron chi connectivity index (χ0n) is 14.5. The Balaban J connectivity index is 1.60. The standard InChI is InChI=1S/C18H23N3O3/c1-11-15(16(19)22)20-17-21(11)9-14(24-17)10-23-13-7-5-12(6-8-13)18(2,3)4/h5-8,14H,9-10H2,1-4H3,(H2,19,22)/t14-/m0/s1. The van der Waals surface area contributed by atoms with E-state index in [1.54, 1.807) is 0 Å². The van der Waals surface area contributed by atoms with E-state index >= 15 is 0 Å². The Bertz CT molecular complexity index is 757. The van der Waals surface area contributed by atoms with Gasteiger partial charge in [-0.05, 0) is 30.0 Å². The van der Waals surface area contributed by atoms with Crippen molar-refractivity contribution in [3.8, 4) is 11.8 Å². The first kappa shape index (κ1) is 16.4. The van der Waals surface area contributed by atoms with Crippen LogP contribution in [0.15, 0.2) is 24.3 Å². The third kappa shape index (κ3) is 3.09. The first-order chi connectivity index (χ1) is 11.3. The van der Waals surface area contributed by atoms with E-state index in [1.165, 1.54) is 5.56 Å². The number of rotatable bonds is 4. The number of carbonyl (C=O) groups excluding carboxylic acids is 1. The normalized spacial score (nSPS) is 16.6. The summed E-state index contributed by atoms with van der Waals surface area (Å²) in [6, 6.07) is 8.55. The molecule has 1 atom stereocenters. The Morgan fingerprint density at radius 1 is 1.38 bits per heavy atom. The van der Waals surface area contributed by atoms with E-state index in [-0.39, 0.29) is 17.2 Å². The van der Waals surface area contributed by atoms with Crippen molar-refractivity contribution in [1.82, 2.24) is 9.55 Å². The third-order valence-electron chi connectivity index (χ3n) is 4.23. The molecule has 3 rings (SSSR count). The van der Waals surface area contributed by atoms with E-state index in [0.29, 0.717) is 19.2 Å². The fraction of sp³-hybridized carbons (Fsp3) is 0.444. The summed E-state index contributed by atoms with van der Waals surface area (Å²) in [5, 5.41) is 0. The van der Waals surface area contributed by atoms with Crippen molar-refractivity contribution in [3.05, 3.63) is 41.2 Å². The van der Waals surface area contributed by atoms with Gasteiger partial charge >= 0.3 is 0 Å². The number of imidazole rings is 1. The first-order valence-electron chi connectivity index (χ1n) is 8.02. The van der Waals surface area contributed by atoms with E-state index in [4.69, 9.17) is 15.2 Å². The van der Waals surface area contributed by atoms with Crippen molar-refractivity contribution in [2.45, 2.75) is 45.8 Å². The molecule has 6 heteroatoms.